The van der Waals surface area contributed by atoms with Crippen LogP contribution in [0.1, 0.15) is 25.7 Å². The third kappa shape index (κ3) is 4.65. The monoisotopic (exact) mass is 419 g/mol. The van der Waals surface area contributed by atoms with E-state index in [1.807, 2.05) is 0 Å². The molecule has 0 spiro atoms. The maximum atomic E-state index is 13.2. The fourth-order valence-electron chi connectivity index (χ4n) is 3.95. The van der Waals surface area contributed by atoms with Crippen LogP contribution in [0, 0.1) is 5.82 Å². The highest BCUT2D eigenvalue weighted by atomic mass is 32.2. The highest BCUT2D eigenvalue weighted by molar-refractivity contribution is 7.89. The Balaban J connectivity index is 1.55. The van der Waals surface area contributed by atoms with E-state index in [0.29, 0.717) is 12.8 Å². The van der Waals surface area contributed by atoms with Crippen molar-refractivity contribution in [2.45, 2.75) is 48.7 Å². The van der Waals surface area contributed by atoms with Crippen LogP contribution in [0.15, 0.2) is 29.2 Å². The Morgan fingerprint density at radius 2 is 1.81 bits per heavy atom. The molecule has 8 nitrogen and oxygen atoms in total. The lowest BCUT2D eigenvalue weighted by Crippen LogP contribution is -2.53. The molecule has 3 rings (SSSR count). The molecule has 0 aliphatic carbocycles. The van der Waals surface area contributed by atoms with Crippen LogP contribution in [0.3, 0.4) is 0 Å². The zero-order valence-electron chi connectivity index (χ0n) is 14.8. The molecule has 2 aliphatic heterocycles. The van der Waals surface area contributed by atoms with Crippen molar-refractivity contribution in [1.29, 1.82) is 0 Å². The van der Waals surface area contributed by atoms with Gasteiger partial charge in [-0.25, -0.2) is 25.9 Å². The molecule has 2 bridgehead atoms. The van der Waals surface area contributed by atoms with Crippen LogP contribution in [0.25, 0.3) is 0 Å². The van der Waals surface area contributed by atoms with Crippen LogP contribution in [-0.2, 0) is 24.8 Å². The molecule has 1 aromatic carbocycles. The molecule has 2 saturated heterocycles. The van der Waals surface area contributed by atoms with E-state index in [1.165, 1.54) is 22.7 Å². The van der Waals surface area contributed by atoms with E-state index in [4.69, 9.17) is 0 Å². The fraction of sp³-hybridized carbons (Fsp3) is 0.562. The Bertz CT molecular complexity index is 921. The smallest absolute Gasteiger partial charge is 0.241 e. The first kappa shape index (κ1) is 20.2. The van der Waals surface area contributed by atoms with Crippen molar-refractivity contribution in [1.82, 2.24) is 14.3 Å². The predicted octanol–water partition coefficient (Wildman–Crippen LogP) is 0.175. The van der Waals surface area contributed by atoms with Gasteiger partial charge in [0.25, 0.3) is 0 Å². The van der Waals surface area contributed by atoms with Gasteiger partial charge in [0.2, 0.25) is 26.0 Å². The third-order valence-corrected chi connectivity index (χ3v) is 7.70. The van der Waals surface area contributed by atoms with Gasteiger partial charge in [-0.3, -0.25) is 4.79 Å². The van der Waals surface area contributed by atoms with E-state index in [1.54, 1.807) is 0 Å². The summed E-state index contributed by atoms with van der Waals surface area (Å²) in [5.74, 6) is -1.19. The van der Waals surface area contributed by atoms with Gasteiger partial charge < -0.3 is 5.32 Å². The summed E-state index contributed by atoms with van der Waals surface area (Å²) in [7, 11) is -7.27. The van der Waals surface area contributed by atoms with Gasteiger partial charge in [-0.05, 0) is 43.9 Å². The zero-order valence-corrected chi connectivity index (χ0v) is 16.4. The normalized spacial score (nSPS) is 26.1. The minimum Gasteiger partial charge on any atom is -0.352 e. The van der Waals surface area contributed by atoms with Crippen molar-refractivity contribution in [2.75, 3.05) is 12.8 Å². The molecule has 2 aliphatic rings. The molecule has 1 aromatic rings. The van der Waals surface area contributed by atoms with Gasteiger partial charge in [0, 0.05) is 18.1 Å². The number of fused-ring (bicyclic) bond motifs is 2. The molecular weight excluding hydrogens is 397 g/mol. The Morgan fingerprint density at radius 3 is 2.37 bits per heavy atom. The highest BCUT2D eigenvalue weighted by Gasteiger charge is 2.45. The molecule has 1 amide bonds. The second-order valence-corrected chi connectivity index (χ2v) is 10.7. The van der Waals surface area contributed by atoms with E-state index < -0.39 is 38.3 Å². The SMILES string of the molecule is CS(=O)(=O)N1C2CCC1CC(NC(=O)CNS(=O)(=O)c1cccc(F)c1)C2. The summed E-state index contributed by atoms with van der Waals surface area (Å²) in [6.45, 7) is -0.472. The first-order valence-electron chi connectivity index (χ1n) is 8.59. The third-order valence-electron chi connectivity index (χ3n) is 4.94. The molecule has 0 saturated carbocycles. The van der Waals surface area contributed by atoms with E-state index in [0.717, 1.165) is 25.0 Å². The highest BCUT2D eigenvalue weighted by Crippen LogP contribution is 2.37. The molecule has 2 N–H and O–H groups in total. The van der Waals surface area contributed by atoms with Gasteiger partial charge in [-0.1, -0.05) is 6.07 Å². The quantitative estimate of drug-likeness (QED) is 0.683. The van der Waals surface area contributed by atoms with Gasteiger partial charge in [0.15, 0.2) is 0 Å². The van der Waals surface area contributed by atoms with Crippen molar-refractivity contribution >= 4 is 26.0 Å². The van der Waals surface area contributed by atoms with Crippen molar-refractivity contribution < 1.29 is 26.0 Å². The molecule has 0 radical (unpaired) electrons. The number of hydrogen-bond acceptors (Lipinski definition) is 5. The Kier molecular flexibility index (Phi) is 5.57. The van der Waals surface area contributed by atoms with Gasteiger partial charge in [0.1, 0.15) is 5.82 Å². The summed E-state index contributed by atoms with van der Waals surface area (Å²) in [6.07, 6.45) is 3.73. The molecule has 2 atom stereocenters. The van der Waals surface area contributed by atoms with Crippen molar-refractivity contribution in [3.8, 4) is 0 Å². The summed E-state index contributed by atoms with van der Waals surface area (Å²) in [4.78, 5) is 11.9. The molecule has 27 heavy (non-hydrogen) atoms. The number of carbonyl (C=O) groups excluding carboxylic acids is 1. The average molecular weight is 420 g/mol. The Labute approximate surface area is 158 Å². The standard InChI is InChI=1S/C16H22FN3O5S2/c1-26(22,23)20-13-5-6-14(20)9-12(8-13)19-16(21)10-18-27(24,25)15-4-2-3-11(17)7-15/h2-4,7,12-14,18H,5-6,8-10H2,1H3,(H,19,21). The number of sulfonamides is 2. The summed E-state index contributed by atoms with van der Waals surface area (Å²) in [5.41, 5.74) is 0. The van der Waals surface area contributed by atoms with Crippen LogP contribution >= 0.6 is 0 Å². The van der Waals surface area contributed by atoms with Crippen molar-refractivity contribution in [3.63, 3.8) is 0 Å². The van der Waals surface area contributed by atoms with Gasteiger partial charge in [-0.15, -0.1) is 0 Å². The molecule has 11 heteroatoms. The number of nitrogens with one attached hydrogen (secondary N) is 2. The van der Waals surface area contributed by atoms with Gasteiger partial charge in [-0.2, -0.15) is 4.31 Å². The zero-order chi connectivity index (χ0) is 19.8. The first-order valence-corrected chi connectivity index (χ1v) is 11.9. The Morgan fingerprint density at radius 1 is 1.19 bits per heavy atom. The molecule has 2 fully saturated rings. The number of halogens is 1. The molecule has 2 heterocycles. The molecule has 0 aromatic heterocycles. The van der Waals surface area contributed by atoms with E-state index in [2.05, 4.69) is 10.0 Å². The summed E-state index contributed by atoms with van der Waals surface area (Å²) in [6, 6.07) is 4.05. The van der Waals surface area contributed by atoms with Crippen LogP contribution < -0.4 is 10.0 Å². The maximum Gasteiger partial charge on any atom is 0.241 e. The summed E-state index contributed by atoms with van der Waals surface area (Å²) >= 11 is 0. The molecule has 150 valence electrons. The van der Waals surface area contributed by atoms with E-state index in [-0.39, 0.29) is 23.0 Å². The van der Waals surface area contributed by atoms with E-state index in [9.17, 15) is 26.0 Å². The second kappa shape index (κ2) is 7.46. The first-order chi connectivity index (χ1) is 12.6. The minimum atomic E-state index is -3.99. The van der Waals surface area contributed by atoms with Gasteiger partial charge in [0.05, 0.1) is 17.7 Å². The molecular formula is C16H22FN3O5S2. The summed E-state index contributed by atoms with van der Waals surface area (Å²) < 4.78 is 64.9. The topological polar surface area (TPSA) is 113 Å². The Hall–Kier alpha value is -1.56. The summed E-state index contributed by atoms with van der Waals surface area (Å²) in [5, 5.41) is 2.77. The second-order valence-electron chi connectivity index (χ2n) is 7.00. The lowest BCUT2D eigenvalue weighted by Gasteiger charge is -2.37. The van der Waals surface area contributed by atoms with Gasteiger partial charge >= 0.3 is 0 Å². The lowest BCUT2D eigenvalue weighted by molar-refractivity contribution is -0.121. The van der Waals surface area contributed by atoms with Crippen LogP contribution in [0.4, 0.5) is 4.39 Å². The predicted molar refractivity (Wildman–Crippen MR) is 96.2 cm³/mol. The fourth-order valence-corrected chi connectivity index (χ4v) is 6.43. The number of benzene rings is 1. The maximum absolute atomic E-state index is 13.2. The van der Waals surface area contributed by atoms with E-state index >= 15 is 0 Å². The van der Waals surface area contributed by atoms with Crippen molar-refractivity contribution in [3.05, 3.63) is 30.1 Å². The number of amides is 1. The largest absolute Gasteiger partial charge is 0.352 e. The number of piperidine rings is 1. The minimum absolute atomic E-state index is 0.131. The van der Waals surface area contributed by atoms with Crippen LogP contribution in [0.2, 0.25) is 0 Å². The lowest BCUT2D eigenvalue weighted by atomic mass is 10.00. The number of carbonyl (C=O) groups is 1. The number of hydrogen-bond donors (Lipinski definition) is 2. The average Bonchev–Trinajstić information content (AvgIpc) is 2.86. The van der Waals surface area contributed by atoms with Crippen molar-refractivity contribution in [2.24, 2.45) is 0 Å². The van der Waals surface area contributed by atoms with Crippen LogP contribution in [0.5, 0.6) is 0 Å². The van der Waals surface area contributed by atoms with Crippen LogP contribution in [-0.4, -0.2) is 58.0 Å². The molecule has 2 unspecified atom stereocenters. The number of rotatable bonds is 6. The number of nitrogens with zero attached hydrogens (tertiary/aromatic N) is 1.